The first kappa shape index (κ1) is 17.6. The standard InChI is InChI=1S/C23H26N4O/c1-2-4-20-15-21(6-5-18(20)3-1)27-13-11-26(12-14-27)17-22-16-23(25-28-22)19-7-9-24-10-8-19/h1-4,7-10,16,21H,5-6,11-15,17H2. The van der Waals surface area contributed by atoms with Crippen LogP contribution in [-0.4, -0.2) is 52.2 Å². The Bertz CT molecular complexity index is 915. The van der Waals surface area contributed by atoms with E-state index >= 15 is 0 Å². The van der Waals surface area contributed by atoms with Gasteiger partial charge in [-0.15, -0.1) is 0 Å². The Morgan fingerprint density at radius 1 is 0.964 bits per heavy atom. The van der Waals surface area contributed by atoms with E-state index in [0.717, 1.165) is 49.7 Å². The highest BCUT2D eigenvalue weighted by Gasteiger charge is 2.27. The third kappa shape index (κ3) is 3.73. The molecule has 2 aliphatic rings. The van der Waals surface area contributed by atoms with Gasteiger partial charge in [0.15, 0.2) is 5.76 Å². The van der Waals surface area contributed by atoms with Crippen molar-refractivity contribution < 1.29 is 4.52 Å². The average molecular weight is 374 g/mol. The van der Waals surface area contributed by atoms with Crippen LogP contribution >= 0.6 is 0 Å². The molecule has 0 N–H and O–H groups in total. The van der Waals surface area contributed by atoms with Crippen molar-refractivity contribution in [3.63, 3.8) is 0 Å². The van der Waals surface area contributed by atoms with Crippen molar-refractivity contribution in [1.29, 1.82) is 0 Å². The number of pyridine rings is 1. The first-order chi connectivity index (χ1) is 13.8. The number of benzene rings is 1. The summed E-state index contributed by atoms with van der Waals surface area (Å²) in [6.07, 6.45) is 7.28. The molecule has 1 saturated heterocycles. The summed E-state index contributed by atoms with van der Waals surface area (Å²) >= 11 is 0. The van der Waals surface area contributed by atoms with Gasteiger partial charge in [0.2, 0.25) is 0 Å². The van der Waals surface area contributed by atoms with E-state index in [1.807, 2.05) is 12.1 Å². The maximum Gasteiger partial charge on any atom is 0.151 e. The van der Waals surface area contributed by atoms with E-state index in [-0.39, 0.29) is 0 Å². The summed E-state index contributed by atoms with van der Waals surface area (Å²) in [7, 11) is 0. The maximum absolute atomic E-state index is 5.58. The Morgan fingerprint density at radius 2 is 1.75 bits per heavy atom. The Kier molecular flexibility index (Phi) is 4.93. The second-order valence-electron chi connectivity index (χ2n) is 7.89. The van der Waals surface area contributed by atoms with E-state index in [0.29, 0.717) is 6.04 Å². The highest BCUT2D eigenvalue weighted by molar-refractivity contribution is 5.57. The predicted molar refractivity (Wildman–Crippen MR) is 109 cm³/mol. The minimum absolute atomic E-state index is 0.695. The summed E-state index contributed by atoms with van der Waals surface area (Å²) in [5.41, 5.74) is 5.03. The van der Waals surface area contributed by atoms with Crippen LogP contribution in [0.3, 0.4) is 0 Å². The van der Waals surface area contributed by atoms with Gasteiger partial charge in [0, 0.05) is 56.2 Å². The molecule has 0 saturated carbocycles. The molecular formula is C23H26N4O. The van der Waals surface area contributed by atoms with Crippen LogP contribution in [0.1, 0.15) is 23.3 Å². The van der Waals surface area contributed by atoms with Gasteiger partial charge in [-0.25, -0.2) is 0 Å². The summed E-state index contributed by atoms with van der Waals surface area (Å²) in [5.74, 6) is 0.937. The Hall–Kier alpha value is -2.50. The van der Waals surface area contributed by atoms with Crippen molar-refractivity contribution in [1.82, 2.24) is 19.9 Å². The molecule has 5 nitrogen and oxygen atoms in total. The number of piperazine rings is 1. The Morgan fingerprint density at radius 3 is 2.57 bits per heavy atom. The molecule has 0 spiro atoms. The highest BCUT2D eigenvalue weighted by atomic mass is 16.5. The summed E-state index contributed by atoms with van der Waals surface area (Å²) in [6, 6.07) is 15.6. The van der Waals surface area contributed by atoms with Gasteiger partial charge in [-0.3, -0.25) is 14.8 Å². The molecule has 1 aliphatic carbocycles. The number of rotatable bonds is 4. The van der Waals surface area contributed by atoms with Gasteiger partial charge in [0.05, 0.1) is 6.54 Å². The lowest BCUT2D eigenvalue weighted by atomic mass is 9.87. The van der Waals surface area contributed by atoms with Crippen LogP contribution in [0.2, 0.25) is 0 Å². The molecule has 28 heavy (non-hydrogen) atoms. The van der Waals surface area contributed by atoms with Crippen LogP contribution in [0.15, 0.2) is 59.4 Å². The molecule has 3 aromatic rings. The first-order valence-corrected chi connectivity index (χ1v) is 10.2. The molecule has 5 heteroatoms. The minimum atomic E-state index is 0.695. The largest absolute Gasteiger partial charge is 0.359 e. The van der Waals surface area contributed by atoms with Gasteiger partial charge in [-0.05, 0) is 42.5 Å². The van der Waals surface area contributed by atoms with Gasteiger partial charge < -0.3 is 4.52 Å². The normalized spacial score (nSPS) is 20.8. The van der Waals surface area contributed by atoms with Crippen molar-refractivity contribution in [2.75, 3.05) is 26.2 Å². The van der Waals surface area contributed by atoms with Crippen molar-refractivity contribution in [2.24, 2.45) is 0 Å². The summed E-state index contributed by atoms with van der Waals surface area (Å²) in [4.78, 5) is 9.22. The predicted octanol–water partition coefficient (Wildman–Crippen LogP) is 3.41. The fourth-order valence-electron chi connectivity index (χ4n) is 4.54. The summed E-state index contributed by atoms with van der Waals surface area (Å²) in [5, 5.41) is 4.22. The minimum Gasteiger partial charge on any atom is -0.359 e. The van der Waals surface area contributed by atoms with Gasteiger partial charge >= 0.3 is 0 Å². The molecule has 1 aromatic carbocycles. The second-order valence-corrected chi connectivity index (χ2v) is 7.89. The third-order valence-corrected chi connectivity index (χ3v) is 6.16. The van der Waals surface area contributed by atoms with Crippen LogP contribution in [0.25, 0.3) is 11.3 Å². The average Bonchev–Trinajstić information content (AvgIpc) is 3.23. The quantitative estimate of drug-likeness (QED) is 0.700. The van der Waals surface area contributed by atoms with E-state index in [1.165, 1.54) is 19.3 Å². The number of fused-ring (bicyclic) bond motifs is 1. The number of aryl methyl sites for hydroxylation is 1. The van der Waals surface area contributed by atoms with Crippen LogP contribution in [0.4, 0.5) is 0 Å². The highest BCUT2D eigenvalue weighted by Crippen LogP contribution is 2.25. The topological polar surface area (TPSA) is 45.4 Å². The molecule has 1 unspecified atom stereocenters. The number of aromatic nitrogens is 2. The van der Waals surface area contributed by atoms with Crippen molar-refractivity contribution in [3.05, 3.63) is 71.7 Å². The second kappa shape index (κ2) is 7.86. The van der Waals surface area contributed by atoms with Gasteiger partial charge in [0.1, 0.15) is 5.69 Å². The van der Waals surface area contributed by atoms with E-state index in [1.54, 1.807) is 23.5 Å². The fraction of sp³-hybridized carbons (Fsp3) is 0.391. The molecule has 0 amide bonds. The van der Waals surface area contributed by atoms with Crippen LogP contribution in [-0.2, 0) is 19.4 Å². The lowest BCUT2D eigenvalue weighted by molar-refractivity contribution is 0.0805. The van der Waals surface area contributed by atoms with Crippen molar-refractivity contribution in [3.8, 4) is 11.3 Å². The molecule has 2 aromatic heterocycles. The van der Waals surface area contributed by atoms with E-state index in [9.17, 15) is 0 Å². The molecular weight excluding hydrogens is 348 g/mol. The van der Waals surface area contributed by atoms with Crippen molar-refractivity contribution >= 4 is 0 Å². The molecule has 1 atom stereocenters. The van der Waals surface area contributed by atoms with Crippen LogP contribution < -0.4 is 0 Å². The molecule has 5 rings (SSSR count). The molecule has 0 bridgehead atoms. The molecule has 3 heterocycles. The zero-order chi connectivity index (χ0) is 18.8. The number of hydrogen-bond donors (Lipinski definition) is 0. The number of hydrogen-bond acceptors (Lipinski definition) is 5. The molecule has 0 radical (unpaired) electrons. The van der Waals surface area contributed by atoms with Gasteiger partial charge in [0.25, 0.3) is 0 Å². The third-order valence-electron chi connectivity index (χ3n) is 6.16. The lowest BCUT2D eigenvalue weighted by Crippen LogP contribution is -2.51. The van der Waals surface area contributed by atoms with Crippen LogP contribution in [0, 0.1) is 0 Å². The zero-order valence-corrected chi connectivity index (χ0v) is 16.1. The smallest absolute Gasteiger partial charge is 0.151 e. The number of nitrogens with zero attached hydrogens (tertiary/aromatic N) is 4. The van der Waals surface area contributed by atoms with Crippen molar-refractivity contribution in [2.45, 2.75) is 31.8 Å². The summed E-state index contributed by atoms with van der Waals surface area (Å²) < 4.78 is 5.58. The maximum atomic E-state index is 5.58. The van der Waals surface area contributed by atoms with Gasteiger partial charge in [-0.1, -0.05) is 29.4 Å². The van der Waals surface area contributed by atoms with E-state index in [2.05, 4.69) is 50.3 Å². The monoisotopic (exact) mass is 374 g/mol. The first-order valence-electron chi connectivity index (χ1n) is 10.2. The molecule has 1 fully saturated rings. The van der Waals surface area contributed by atoms with Crippen LogP contribution in [0.5, 0.6) is 0 Å². The van der Waals surface area contributed by atoms with Gasteiger partial charge in [-0.2, -0.15) is 0 Å². The lowest BCUT2D eigenvalue weighted by Gasteiger charge is -2.40. The fourth-order valence-corrected chi connectivity index (χ4v) is 4.54. The zero-order valence-electron chi connectivity index (χ0n) is 16.1. The molecule has 1 aliphatic heterocycles. The van der Waals surface area contributed by atoms with E-state index in [4.69, 9.17) is 4.52 Å². The molecule has 144 valence electrons. The SMILES string of the molecule is c1ccc2c(c1)CCC(N1CCN(Cc3cc(-c4ccncc4)no3)CC1)C2. The summed E-state index contributed by atoms with van der Waals surface area (Å²) in [6.45, 7) is 5.28. The Labute approximate surface area is 166 Å². The Balaban J connectivity index is 1.16. The van der Waals surface area contributed by atoms with E-state index < -0.39 is 0 Å².